The number of hydrogen-bond acceptors (Lipinski definition) is 2. The molecule has 1 aliphatic carbocycles. The van der Waals surface area contributed by atoms with Crippen LogP contribution < -0.4 is 5.32 Å². The molecule has 110 valence electrons. The fourth-order valence-electron chi connectivity index (χ4n) is 3.51. The van der Waals surface area contributed by atoms with E-state index in [2.05, 4.69) is 12.2 Å². The van der Waals surface area contributed by atoms with Crippen molar-refractivity contribution in [2.45, 2.75) is 50.7 Å². The fraction of sp³-hybridized carbons (Fsp3) is 0.647. The molecule has 3 rings (SSSR count). The van der Waals surface area contributed by atoms with E-state index in [1.54, 1.807) is 6.07 Å². The summed E-state index contributed by atoms with van der Waals surface area (Å²) >= 11 is 0. The highest BCUT2D eigenvalue weighted by Crippen LogP contribution is 2.37. The lowest BCUT2D eigenvalue weighted by molar-refractivity contribution is 0.0853. The number of ether oxygens (including phenoxy) is 1. The van der Waals surface area contributed by atoms with Crippen LogP contribution in [-0.4, -0.2) is 25.3 Å². The molecular weight excluding hydrogens is 253 g/mol. The van der Waals surface area contributed by atoms with Crippen LogP contribution in [0.4, 0.5) is 4.39 Å². The standard InChI is InChI=1S/C17H24FNO/c1-2-17-13(6-7-20-17)11-19-16-9-14(10-16)12-4-3-5-15(18)8-12/h3-5,8,13-14,16-17,19H,2,6-7,9-11H2,1H3. The Morgan fingerprint density at radius 2 is 2.20 bits per heavy atom. The van der Waals surface area contributed by atoms with Gasteiger partial charge in [-0.3, -0.25) is 0 Å². The van der Waals surface area contributed by atoms with Gasteiger partial charge in [-0.1, -0.05) is 19.1 Å². The summed E-state index contributed by atoms with van der Waals surface area (Å²) in [5, 5.41) is 3.67. The van der Waals surface area contributed by atoms with Gasteiger partial charge in [0.1, 0.15) is 5.82 Å². The second-order valence-corrected chi connectivity index (χ2v) is 6.19. The van der Waals surface area contributed by atoms with Crippen molar-refractivity contribution in [3.63, 3.8) is 0 Å². The van der Waals surface area contributed by atoms with Crippen LogP contribution in [0.25, 0.3) is 0 Å². The van der Waals surface area contributed by atoms with Gasteiger partial charge in [0.05, 0.1) is 6.10 Å². The third-order valence-corrected chi connectivity index (χ3v) is 4.88. The van der Waals surface area contributed by atoms with Crippen LogP contribution in [0.15, 0.2) is 24.3 Å². The maximum Gasteiger partial charge on any atom is 0.123 e. The minimum absolute atomic E-state index is 0.118. The summed E-state index contributed by atoms with van der Waals surface area (Å²) in [5.74, 6) is 1.09. The van der Waals surface area contributed by atoms with Crippen molar-refractivity contribution >= 4 is 0 Å². The SMILES string of the molecule is CCC1OCCC1CNC1CC(c2cccc(F)c2)C1. The van der Waals surface area contributed by atoms with Gasteiger partial charge >= 0.3 is 0 Å². The first-order valence-corrected chi connectivity index (χ1v) is 7.86. The van der Waals surface area contributed by atoms with E-state index in [1.165, 1.54) is 12.5 Å². The van der Waals surface area contributed by atoms with Gasteiger partial charge in [-0.05, 0) is 55.2 Å². The molecule has 1 heterocycles. The Morgan fingerprint density at radius 3 is 2.95 bits per heavy atom. The highest BCUT2D eigenvalue weighted by atomic mass is 19.1. The molecule has 1 aromatic rings. The van der Waals surface area contributed by atoms with Gasteiger partial charge < -0.3 is 10.1 Å². The Balaban J connectivity index is 1.42. The van der Waals surface area contributed by atoms with Crippen LogP contribution in [0.5, 0.6) is 0 Å². The number of hydrogen-bond donors (Lipinski definition) is 1. The summed E-state index contributed by atoms with van der Waals surface area (Å²) in [4.78, 5) is 0. The summed E-state index contributed by atoms with van der Waals surface area (Å²) in [6.07, 6.45) is 5.01. The largest absolute Gasteiger partial charge is 0.378 e. The van der Waals surface area contributed by atoms with E-state index in [0.29, 0.717) is 24.0 Å². The zero-order valence-corrected chi connectivity index (χ0v) is 12.1. The third-order valence-electron chi connectivity index (χ3n) is 4.88. The lowest BCUT2D eigenvalue weighted by Gasteiger charge is -2.37. The van der Waals surface area contributed by atoms with Crippen LogP contribution >= 0.6 is 0 Å². The van der Waals surface area contributed by atoms with E-state index in [1.807, 2.05) is 12.1 Å². The highest BCUT2D eigenvalue weighted by molar-refractivity contribution is 5.23. The number of rotatable bonds is 5. The summed E-state index contributed by atoms with van der Waals surface area (Å²) in [6.45, 7) is 4.19. The first-order valence-electron chi connectivity index (χ1n) is 7.86. The normalized spacial score (nSPS) is 33.1. The van der Waals surface area contributed by atoms with E-state index < -0.39 is 0 Å². The lowest BCUT2D eigenvalue weighted by Crippen LogP contribution is -2.43. The molecule has 1 saturated carbocycles. The molecule has 0 radical (unpaired) electrons. The molecule has 2 unspecified atom stereocenters. The summed E-state index contributed by atoms with van der Waals surface area (Å²) in [5.41, 5.74) is 1.15. The van der Waals surface area contributed by atoms with Gasteiger partial charge in [-0.2, -0.15) is 0 Å². The van der Waals surface area contributed by atoms with Gasteiger partial charge in [0.2, 0.25) is 0 Å². The fourth-order valence-corrected chi connectivity index (χ4v) is 3.51. The van der Waals surface area contributed by atoms with E-state index in [9.17, 15) is 4.39 Å². The van der Waals surface area contributed by atoms with Gasteiger partial charge in [0.15, 0.2) is 0 Å². The van der Waals surface area contributed by atoms with Crippen molar-refractivity contribution in [3.8, 4) is 0 Å². The van der Waals surface area contributed by atoms with Crippen molar-refractivity contribution < 1.29 is 9.13 Å². The van der Waals surface area contributed by atoms with Crippen molar-refractivity contribution in [2.24, 2.45) is 5.92 Å². The topological polar surface area (TPSA) is 21.3 Å². The third kappa shape index (κ3) is 3.04. The Labute approximate surface area is 120 Å². The van der Waals surface area contributed by atoms with Gasteiger partial charge in [0, 0.05) is 19.2 Å². The molecule has 0 spiro atoms. The average molecular weight is 277 g/mol. The molecular formula is C17H24FNO. The quantitative estimate of drug-likeness (QED) is 0.889. The number of benzene rings is 1. The molecule has 2 atom stereocenters. The van der Waals surface area contributed by atoms with E-state index in [4.69, 9.17) is 4.74 Å². The Hall–Kier alpha value is -0.930. The van der Waals surface area contributed by atoms with Crippen LogP contribution in [0.2, 0.25) is 0 Å². The molecule has 0 aromatic heterocycles. The van der Waals surface area contributed by atoms with Gasteiger partial charge in [-0.15, -0.1) is 0 Å². The second kappa shape index (κ2) is 6.23. The van der Waals surface area contributed by atoms with Crippen LogP contribution in [-0.2, 0) is 4.74 Å². The molecule has 1 saturated heterocycles. The zero-order valence-electron chi connectivity index (χ0n) is 12.1. The molecule has 2 aliphatic rings. The van der Waals surface area contributed by atoms with Crippen molar-refractivity contribution in [1.29, 1.82) is 0 Å². The molecule has 1 N–H and O–H groups in total. The maximum atomic E-state index is 13.2. The zero-order chi connectivity index (χ0) is 13.9. The number of halogens is 1. The predicted molar refractivity (Wildman–Crippen MR) is 78.3 cm³/mol. The molecule has 20 heavy (non-hydrogen) atoms. The smallest absolute Gasteiger partial charge is 0.123 e. The molecule has 1 aliphatic heterocycles. The number of nitrogens with one attached hydrogen (secondary N) is 1. The van der Waals surface area contributed by atoms with Crippen LogP contribution in [0, 0.1) is 11.7 Å². The van der Waals surface area contributed by atoms with Crippen LogP contribution in [0.3, 0.4) is 0 Å². The van der Waals surface area contributed by atoms with Crippen molar-refractivity contribution in [2.75, 3.05) is 13.2 Å². The van der Waals surface area contributed by atoms with Crippen LogP contribution in [0.1, 0.15) is 44.1 Å². The molecule has 1 aromatic carbocycles. The summed E-state index contributed by atoms with van der Waals surface area (Å²) < 4.78 is 18.9. The molecule has 2 nitrogen and oxygen atoms in total. The molecule has 0 amide bonds. The maximum absolute atomic E-state index is 13.2. The van der Waals surface area contributed by atoms with Gasteiger partial charge in [0.25, 0.3) is 0 Å². The first-order chi connectivity index (χ1) is 9.76. The van der Waals surface area contributed by atoms with Crippen molar-refractivity contribution in [1.82, 2.24) is 5.32 Å². The molecule has 2 fully saturated rings. The molecule has 0 bridgehead atoms. The Morgan fingerprint density at radius 1 is 1.35 bits per heavy atom. The van der Waals surface area contributed by atoms with Crippen molar-refractivity contribution in [3.05, 3.63) is 35.6 Å². The summed E-state index contributed by atoms with van der Waals surface area (Å²) in [6, 6.07) is 7.65. The Kier molecular flexibility index (Phi) is 4.37. The molecule has 3 heteroatoms. The average Bonchev–Trinajstić information content (AvgIpc) is 2.84. The van der Waals surface area contributed by atoms with Gasteiger partial charge in [-0.25, -0.2) is 4.39 Å². The monoisotopic (exact) mass is 277 g/mol. The second-order valence-electron chi connectivity index (χ2n) is 6.19. The first kappa shape index (κ1) is 14.0. The minimum Gasteiger partial charge on any atom is -0.378 e. The Bertz CT molecular complexity index is 444. The van der Waals surface area contributed by atoms with E-state index in [-0.39, 0.29) is 5.82 Å². The predicted octanol–water partition coefficient (Wildman–Crippen LogP) is 3.48. The minimum atomic E-state index is -0.118. The summed E-state index contributed by atoms with van der Waals surface area (Å²) in [7, 11) is 0. The van der Waals surface area contributed by atoms with E-state index in [0.717, 1.165) is 38.0 Å². The lowest BCUT2D eigenvalue weighted by atomic mass is 9.75. The highest BCUT2D eigenvalue weighted by Gasteiger charge is 2.32. The van der Waals surface area contributed by atoms with E-state index >= 15 is 0 Å².